The molecule has 0 bridgehead atoms. The van der Waals surface area contributed by atoms with E-state index in [1.165, 1.54) is 48.4 Å². The molecule has 8 aromatic rings. The molecule has 2 heterocycles. The second kappa shape index (κ2) is 8.52. The number of hydrogen-bond donors (Lipinski definition) is 0. The van der Waals surface area contributed by atoms with E-state index in [0.29, 0.717) is 0 Å². The first-order valence-corrected chi connectivity index (χ1v) is 14.3. The van der Waals surface area contributed by atoms with Gasteiger partial charge in [-0.3, -0.25) is 4.40 Å². The first-order valence-electron chi connectivity index (χ1n) is 12.9. The van der Waals surface area contributed by atoms with Crippen molar-refractivity contribution in [2.45, 2.75) is 0 Å². The van der Waals surface area contributed by atoms with Crippen LogP contribution in [0.5, 0.6) is 0 Å². The van der Waals surface area contributed by atoms with E-state index in [-0.39, 0.29) is 0 Å². The van der Waals surface area contributed by atoms with Crippen LogP contribution in [0, 0.1) is 0 Å². The second-order valence-corrected chi connectivity index (χ2v) is 11.9. The zero-order valence-corrected chi connectivity index (χ0v) is 21.5. The van der Waals surface area contributed by atoms with Gasteiger partial charge in [0.1, 0.15) is 5.65 Å². The van der Waals surface area contributed by atoms with E-state index in [0.717, 1.165) is 16.7 Å². The van der Waals surface area contributed by atoms with Gasteiger partial charge in [-0.05, 0) is 58.2 Å². The molecule has 0 saturated heterocycles. The van der Waals surface area contributed by atoms with Crippen molar-refractivity contribution in [3.05, 3.63) is 140 Å². The van der Waals surface area contributed by atoms with Crippen LogP contribution in [0.3, 0.4) is 0 Å². The van der Waals surface area contributed by atoms with Gasteiger partial charge in [0.25, 0.3) is 0 Å². The highest BCUT2D eigenvalue weighted by Gasteiger charge is 2.20. The molecular weight excluding hydrogens is 479 g/mol. The maximum atomic E-state index is 5.26. The number of imidazole rings is 1. The lowest BCUT2D eigenvalue weighted by Crippen LogP contribution is -2.20. The minimum absolute atomic E-state index is 0.703. The highest BCUT2D eigenvalue weighted by atomic mass is 31.1. The number of nitrogens with zero attached hydrogens (tertiary/aromatic N) is 2. The van der Waals surface area contributed by atoms with Crippen LogP contribution < -0.4 is 15.9 Å². The summed E-state index contributed by atoms with van der Waals surface area (Å²) in [4.78, 5) is 5.26. The number of fused-ring (bicyclic) bond motifs is 10. The van der Waals surface area contributed by atoms with Crippen LogP contribution in [-0.2, 0) is 0 Å². The first-order chi connectivity index (χ1) is 18.9. The van der Waals surface area contributed by atoms with Crippen LogP contribution in [-0.4, -0.2) is 9.38 Å². The van der Waals surface area contributed by atoms with Crippen LogP contribution in [0.1, 0.15) is 0 Å². The molecule has 2 nitrogen and oxygen atoms in total. The molecule has 0 aliphatic rings. The monoisotopic (exact) mass is 502 g/mol. The van der Waals surface area contributed by atoms with Gasteiger partial charge >= 0.3 is 0 Å². The van der Waals surface area contributed by atoms with Crippen molar-refractivity contribution in [1.82, 2.24) is 9.38 Å². The molecule has 0 spiro atoms. The number of pyridine rings is 1. The van der Waals surface area contributed by atoms with Gasteiger partial charge in [-0.15, -0.1) is 0 Å². The molecule has 0 N–H and O–H groups in total. The molecule has 0 amide bonds. The highest BCUT2D eigenvalue weighted by Crippen LogP contribution is 2.38. The maximum absolute atomic E-state index is 5.26. The smallest absolute Gasteiger partial charge is 0.147 e. The number of benzene rings is 6. The molecule has 2 aromatic heterocycles. The fraction of sp³-hybridized carbons (Fsp3) is 0. The van der Waals surface area contributed by atoms with Gasteiger partial charge in [-0.1, -0.05) is 121 Å². The van der Waals surface area contributed by atoms with Crippen LogP contribution >= 0.6 is 7.92 Å². The quantitative estimate of drug-likeness (QED) is 0.179. The Balaban J connectivity index is 1.50. The minimum atomic E-state index is -0.703. The lowest BCUT2D eigenvalue weighted by molar-refractivity contribution is 1.32. The Morgan fingerprint density at radius 2 is 1.13 bits per heavy atom. The fourth-order valence-corrected chi connectivity index (χ4v) is 8.16. The average Bonchev–Trinajstić information content (AvgIpc) is 3.37. The van der Waals surface area contributed by atoms with Gasteiger partial charge < -0.3 is 0 Å². The number of hydrogen-bond acceptors (Lipinski definition) is 1. The van der Waals surface area contributed by atoms with Gasteiger partial charge in [0.05, 0.1) is 16.6 Å². The Labute approximate surface area is 221 Å². The Hall–Kier alpha value is -4.52. The van der Waals surface area contributed by atoms with Crippen molar-refractivity contribution < 1.29 is 0 Å². The second-order valence-electron chi connectivity index (χ2n) is 9.68. The van der Waals surface area contributed by atoms with Gasteiger partial charge in [0, 0.05) is 10.8 Å². The summed E-state index contributed by atoms with van der Waals surface area (Å²) in [5.41, 5.74) is 4.39. The summed E-state index contributed by atoms with van der Waals surface area (Å²) in [6.45, 7) is 0. The Morgan fingerprint density at radius 1 is 0.474 bits per heavy atom. The third-order valence-electron chi connectivity index (χ3n) is 7.51. The van der Waals surface area contributed by atoms with E-state index in [9.17, 15) is 0 Å². The van der Waals surface area contributed by atoms with E-state index in [1.807, 2.05) is 0 Å². The zero-order valence-electron chi connectivity index (χ0n) is 20.6. The van der Waals surface area contributed by atoms with E-state index in [1.54, 1.807) is 0 Å². The SMILES string of the molecule is c1ccc(P(c2ccccc2)c2ccc3nc4c5c6ccccc6ccc5c5ccccc5n4c3c2)cc1. The molecule has 0 saturated carbocycles. The molecular formula is C35H23N2P. The molecule has 0 radical (unpaired) electrons. The first kappa shape index (κ1) is 21.6. The summed E-state index contributed by atoms with van der Waals surface area (Å²) < 4.78 is 2.38. The fourth-order valence-electron chi connectivity index (χ4n) is 5.85. The maximum Gasteiger partial charge on any atom is 0.147 e. The van der Waals surface area contributed by atoms with E-state index in [4.69, 9.17) is 4.98 Å². The van der Waals surface area contributed by atoms with Crippen LogP contribution in [0.2, 0.25) is 0 Å². The summed E-state index contributed by atoms with van der Waals surface area (Å²) in [6, 6.07) is 50.5. The van der Waals surface area contributed by atoms with Crippen molar-refractivity contribution in [2.24, 2.45) is 0 Å². The summed E-state index contributed by atoms with van der Waals surface area (Å²) in [6.07, 6.45) is 0. The van der Waals surface area contributed by atoms with E-state index in [2.05, 4.69) is 144 Å². The van der Waals surface area contributed by atoms with E-state index < -0.39 is 7.92 Å². The Bertz CT molecular complexity index is 2090. The topological polar surface area (TPSA) is 17.3 Å². The Morgan fingerprint density at radius 3 is 1.89 bits per heavy atom. The van der Waals surface area contributed by atoms with Crippen molar-refractivity contribution in [3.63, 3.8) is 0 Å². The standard InChI is InChI=1S/C35H23N2P/c1-3-12-25(13-4-1)38(26-14-5-2-6-15-26)27-20-22-31-33(23-27)37-32-18-10-9-17-29(32)30-21-19-24-11-7-8-16-28(24)34(30)35(37)36-31/h1-23H. The predicted octanol–water partition coefficient (Wildman–Crippen LogP) is 7.71. The van der Waals surface area contributed by atoms with Gasteiger partial charge in [-0.25, -0.2) is 4.98 Å². The molecule has 3 heteroatoms. The van der Waals surface area contributed by atoms with Crippen LogP contribution in [0.4, 0.5) is 0 Å². The normalized spacial score (nSPS) is 11.9. The molecule has 6 aromatic carbocycles. The number of para-hydroxylation sites is 1. The molecule has 0 aliphatic carbocycles. The third-order valence-corrected chi connectivity index (χ3v) is 9.94. The zero-order chi connectivity index (χ0) is 25.1. The van der Waals surface area contributed by atoms with Gasteiger partial charge in [0.2, 0.25) is 0 Å². The lowest BCUT2D eigenvalue weighted by atomic mass is 10.00. The summed E-state index contributed by atoms with van der Waals surface area (Å²) in [7, 11) is -0.703. The summed E-state index contributed by atoms with van der Waals surface area (Å²) in [5, 5.41) is 10.2. The van der Waals surface area contributed by atoms with Crippen LogP contribution in [0.25, 0.3) is 49.1 Å². The summed E-state index contributed by atoms with van der Waals surface area (Å²) >= 11 is 0. The third kappa shape index (κ3) is 3.21. The van der Waals surface area contributed by atoms with Gasteiger partial charge in [0.15, 0.2) is 0 Å². The van der Waals surface area contributed by atoms with Gasteiger partial charge in [-0.2, -0.15) is 0 Å². The molecule has 0 fully saturated rings. The Kier molecular flexibility index (Phi) is 4.83. The molecule has 178 valence electrons. The van der Waals surface area contributed by atoms with Crippen molar-refractivity contribution in [1.29, 1.82) is 0 Å². The molecule has 38 heavy (non-hydrogen) atoms. The molecule has 0 aliphatic heterocycles. The van der Waals surface area contributed by atoms with Crippen molar-refractivity contribution in [3.8, 4) is 0 Å². The molecule has 8 rings (SSSR count). The minimum Gasteiger partial charge on any atom is -0.292 e. The van der Waals surface area contributed by atoms with Crippen molar-refractivity contribution >= 4 is 73.0 Å². The number of aromatic nitrogens is 2. The molecule has 0 atom stereocenters. The number of rotatable bonds is 3. The van der Waals surface area contributed by atoms with E-state index >= 15 is 0 Å². The highest BCUT2D eigenvalue weighted by molar-refractivity contribution is 7.79. The van der Waals surface area contributed by atoms with Crippen LogP contribution in [0.15, 0.2) is 140 Å². The average molecular weight is 503 g/mol. The summed E-state index contributed by atoms with van der Waals surface area (Å²) in [5.74, 6) is 0. The predicted molar refractivity (Wildman–Crippen MR) is 164 cm³/mol. The largest absolute Gasteiger partial charge is 0.292 e. The van der Waals surface area contributed by atoms with Crippen molar-refractivity contribution in [2.75, 3.05) is 0 Å². The lowest BCUT2D eigenvalue weighted by Gasteiger charge is -2.19. The molecule has 0 unspecified atom stereocenters.